The summed E-state index contributed by atoms with van der Waals surface area (Å²) in [5, 5.41) is 17.2. The number of halogens is 1. The van der Waals surface area contributed by atoms with Gasteiger partial charge in [0.2, 0.25) is 5.95 Å². The summed E-state index contributed by atoms with van der Waals surface area (Å²) in [5.74, 6) is 1.62. The molecule has 34 heavy (non-hydrogen) atoms. The average Bonchev–Trinajstić information content (AvgIpc) is 3.65. The molecule has 2 aliphatic rings. The molecular formula is C25H24FN7O. The molecule has 4 heterocycles. The first-order valence-electron chi connectivity index (χ1n) is 11.7. The first kappa shape index (κ1) is 20.7. The number of benzene rings is 1. The van der Waals surface area contributed by atoms with Gasteiger partial charge in [-0.3, -0.25) is 9.08 Å². The topological polar surface area (TPSA) is 93.1 Å². The van der Waals surface area contributed by atoms with E-state index in [1.165, 1.54) is 31.7 Å². The molecule has 0 amide bonds. The molecule has 1 aliphatic heterocycles. The second kappa shape index (κ2) is 8.45. The van der Waals surface area contributed by atoms with Crippen molar-refractivity contribution < 1.29 is 9.13 Å². The summed E-state index contributed by atoms with van der Waals surface area (Å²) in [6.45, 7) is 1.72. The molecule has 0 radical (unpaired) electrons. The summed E-state index contributed by atoms with van der Waals surface area (Å²) >= 11 is 0. The molecule has 6 rings (SSSR count). The second-order valence-corrected chi connectivity index (χ2v) is 8.98. The molecule has 1 fully saturated rings. The van der Waals surface area contributed by atoms with Crippen LogP contribution in [-0.2, 0) is 19.5 Å². The highest BCUT2D eigenvalue weighted by molar-refractivity contribution is 5.77. The van der Waals surface area contributed by atoms with E-state index in [9.17, 15) is 9.65 Å². The number of hydrogen-bond acceptors (Lipinski definition) is 6. The van der Waals surface area contributed by atoms with Crippen LogP contribution in [0.5, 0.6) is 5.75 Å². The van der Waals surface area contributed by atoms with E-state index in [4.69, 9.17) is 4.74 Å². The first-order chi connectivity index (χ1) is 16.7. The Morgan fingerprint density at radius 1 is 1.21 bits per heavy atom. The number of nitriles is 1. The molecule has 0 saturated heterocycles. The normalized spacial score (nSPS) is 15.4. The van der Waals surface area contributed by atoms with Crippen LogP contribution in [0.4, 0.5) is 10.3 Å². The van der Waals surface area contributed by atoms with Crippen LogP contribution in [0.1, 0.15) is 42.5 Å². The SMILES string of the molecule is N#Cc1cn2c(NCc3c(F)ccc4c3CCO4)ncc(-c3cnn(CC4CCCC4)c3)c2n1. The van der Waals surface area contributed by atoms with Crippen molar-refractivity contribution in [1.82, 2.24) is 24.1 Å². The van der Waals surface area contributed by atoms with Crippen molar-refractivity contribution in [2.45, 2.75) is 45.2 Å². The zero-order chi connectivity index (χ0) is 23.1. The lowest BCUT2D eigenvalue weighted by Gasteiger charge is -2.12. The van der Waals surface area contributed by atoms with Crippen LogP contribution in [0.15, 0.2) is 36.9 Å². The lowest BCUT2D eigenvalue weighted by Crippen LogP contribution is -2.09. The highest BCUT2D eigenvalue weighted by atomic mass is 19.1. The molecule has 8 nitrogen and oxygen atoms in total. The molecule has 1 aromatic carbocycles. The highest BCUT2D eigenvalue weighted by Crippen LogP contribution is 2.32. The van der Waals surface area contributed by atoms with Crippen molar-refractivity contribution in [2.24, 2.45) is 5.92 Å². The van der Waals surface area contributed by atoms with Gasteiger partial charge in [0.25, 0.3) is 0 Å². The Kier molecular flexibility index (Phi) is 5.13. The fraction of sp³-hybridized carbons (Fsp3) is 0.360. The average molecular weight is 458 g/mol. The predicted molar refractivity (Wildman–Crippen MR) is 124 cm³/mol. The predicted octanol–water partition coefficient (Wildman–Crippen LogP) is 4.34. The van der Waals surface area contributed by atoms with Crippen molar-refractivity contribution in [3.05, 3.63) is 59.6 Å². The lowest BCUT2D eigenvalue weighted by atomic mass is 10.0. The van der Waals surface area contributed by atoms with Crippen LogP contribution in [-0.4, -0.2) is 30.8 Å². The zero-order valence-corrected chi connectivity index (χ0v) is 18.7. The second-order valence-electron chi connectivity index (χ2n) is 8.98. The Hall–Kier alpha value is -3.93. The Morgan fingerprint density at radius 2 is 2.09 bits per heavy atom. The Bertz CT molecular complexity index is 1410. The van der Waals surface area contributed by atoms with Crippen molar-refractivity contribution >= 4 is 11.6 Å². The maximum absolute atomic E-state index is 14.6. The van der Waals surface area contributed by atoms with Gasteiger partial charge in [0.1, 0.15) is 17.6 Å². The van der Waals surface area contributed by atoms with Gasteiger partial charge < -0.3 is 10.1 Å². The van der Waals surface area contributed by atoms with Crippen molar-refractivity contribution in [1.29, 1.82) is 5.26 Å². The van der Waals surface area contributed by atoms with Crippen LogP contribution in [0.3, 0.4) is 0 Å². The zero-order valence-electron chi connectivity index (χ0n) is 18.7. The van der Waals surface area contributed by atoms with E-state index in [1.807, 2.05) is 17.1 Å². The number of aromatic nitrogens is 5. The number of rotatable bonds is 6. The van der Waals surface area contributed by atoms with E-state index < -0.39 is 0 Å². The fourth-order valence-corrected chi connectivity index (χ4v) is 5.10. The minimum Gasteiger partial charge on any atom is -0.493 e. The van der Waals surface area contributed by atoms with Crippen LogP contribution >= 0.6 is 0 Å². The van der Waals surface area contributed by atoms with Gasteiger partial charge >= 0.3 is 0 Å². The van der Waals surface area contributed by atoms with Crippen molar-refractivity contribution in [3.63, 3.8) is 0 Å². The van der Waals surface area contributed by atoms with Gasteiger partial charge in [0.15, 0.2) is 11.3 Å². The Labute approximate surface area is 196 Å². The smallest absolute Gasteiger partial charge is 0.208 e. The molecule has 0 atom stereocenters. The maximum atomic E-state index is 14.6. The number of nitrogens with one attached hydrogen (secondary N) is 1. The van der Waals surface area contributed by atoms with Crippen molar-refractivity contribution in [3.8, 4) is 22.9 Å². The van der Waals surface area contributed by atoms with Crippen molar-refractivity contribution in [2.75, 3.05) is 11.9 Å². The molecule has 4 aromatic rings. The van der Waals surface area contributed by atoms with Gasteiger partial charge in [-0.2, -0.15) is 10.4 Å². The molecule has 0 spiro atoms. The van der Waals surface area contributed by atoms with E-state index >= 15 is 0 Å². The number of anilines is 1. The number of hydrogen-bond donors (Lipinski definition) is 1. The van der Waals surface area contributed by atoms with Crippen LogP contribution < -0.4 is 10.1 Å². The molecular weight excluding hydrogens is 433 g/mol. The number of imidazole rings is 1. The molecule has 3 aromatic heterocycles. The van der Waals surface area contributed by atoms with Gasteiger partial charge in [0.05, 0.1) is 19.0 Å². The maximum Gasteiger partial charge on any atom is 0.208 e. The van der Waals surface area contributed by atoms with E-state index in [0.717, 1.165) is 29.0 Å². The van der Waals surface area contributed by atoms with E-state index in [2.05, 4.69) is 26.5 Å². The summed E-state index contributed by atoms with van der Waals surface area (Å²) in [7, 11) is 0. The minimum atomic E-state index is -0.275. The monoisotopic (exact) mass is 457 g/mol. The molecule has 9 heteroatoms. The summed E-state index contributed by atoms with van der Waals surface area (Å²) < 4.78 is 23.9. The molecule has 1 N–H and O–H groups in total. The first-order valence-corrected chi connectivity index (χ1v) is 11.7. The fourth-order valence-electron chi connectivity index (χ4n) is 5.10. The van der Waals surface area contributed by atoms with E-state index in [-0.39, 0.29) is 18.1 Å². The quantitative estimate of drug-likeness (QED) is 0.463. The molecule has 1 aliphatic carbocycles. The lowest BCUT2D eigenvalue weighted by molar-refractivity contribution is 0.356. The summed E-state index contributed by atoms with van der Waals surface area (Å²) in [4.78, 5) is 9.10. The summed E-state index contributed by atoms with van der Waals surface area (Å²) in [5.41, 5.74) is 4.06. The summed E-state index contributed by atoms with van der Waals surface area (Å²) in [6.07, 6.45) is 13.0. The number of nitrogens with zero attached hydrogens (tertiary/aromatic N) is 6. The standard InChI is InChI=1S/C25H24FN7O/c26-22-5-6-23-19(7-8-34-23)21(22)12-29-25-28-11-20(24-31-18(9-27)15-33(24)25)17-10-30-32(14-17)13-16-3-1-2-4-16/h5-6,10-11,14-16H,1-4,7-8,12-13H2,(H,28,29). The molecule has 0 bridgehead atoms. The molecule has 0 unspecified atom stereocenters. The van der Waals surface area contributed by atoms with E-state index in [1.54, 1.807) is 22.9 Å². The van der Waals surface area contributed by atoms with Gasteiger partial charge in [0, 0.05) is 54.2 Å². The third-order valence-corrected chi connectivity index (χ3v) is 6.83. The van der Waals surface area contributed by atoms with Gasteiger partial charge in [-0.25, -0.2) is 14.4 Å². The van der Waals surface area contributed by atoms with Gasteiger partial charge in [-0.05, 0) is 30.9 Å². The highest BCUT2D eigenvalue weighted by Gasteiger charge is 2.21. The molecule has 172 valence electrons. The number of fused-ring (bicyclic) bond motifs is 2. The third-order valence-electron chi connectivity index (χ3n) is 6.83. The third kappa shape index (κ3) is 3.65. The van der Waals surface area contributed by atoms with Gasteiger partial charge in [-0.1, -0.05) is 12.8 Å². The largest absolute Gasteiger partial charge is 0.493 e. The van der Waals surface area contributed by atoms with E-state index in [0.29, 0.717) is 36.1 Å². The van der Waals surface area contributed by atoms with Gasteiger partial charge in [-0.15, -0.1) is 0 Å². The Balaban J connectivity index is 1.31. The summed E-state index contributed by atoms with van der Waals surface area (Å²) in [6, 6.07) is 5.21. The van der Waals surface area contributed by atoms with Crippen LogP contribution in [0.25, 0.3) is 16.8 Å². The number of ether oxygens (including phenoxy) is 1. The van der Waals surface area contributed by atoms with Crippen LogP contribution in [0.2, 0.25) is 0 Å². The minimum absolute atomic E-state index is 0.249. The molecule has 1 saturated carbocycles. The Morgan fingerprint density at radius 3 is 2.94 bits per heavy atom. The van der Waals surface area contributed by atoms with Crippen LogP contribution in [0, 0.1) is 23.1 Å².